The van der Waals surface area contributed by atoms with Crippen LogP contribution in [0.2, 0.25) is 0 Å². The Kier molecular flexibility index (Phi) is 8.99. The Morgan fingerprint density at radius 1 is 1.15 bits per heavy atom. The van der Waals surface area contributed by atoms with Crippen LogP contribution < -0.4 is 5.32 Å². The smallest absolute Gasteiger partial charge is 0.239 e. The Hall–Kier alpha value is -1.18. The molecule has 0 aromatic heterocycles. The van der Waals surface area contributed by atoms with E-state index in [2.05, 4.69) is 17.1 Å². The second kappa shape index (κ2) is 11.0. The highest BCUT2D eigenvalue weighted by atomic mass is 16.5. The highest BCUT2D eigenvalue weighted by Gasteiger charge is 2.31. The topological polar surface area (TPSA) is 65.1 Å². The zero-order valence-electron chi connectivity index (χ0n) is 17.6. The maximum absolute atomic E-state index is 12.8. The number of hydrogen-bond acceptors (Lipinski definition) is 5. The minimum atomic E-state index is -0.175. The van der Waals surface area contributed by atoms with Gasteiger partial charge in [-0.25, -0.2) is 0 Å². The standard InChI is InChI=1S/C20H38N4O3/c1-5-27-14-6-8-22-9-7-19(16(2)15-22)21-17(3)20(26)24-12-10-23(11-13-24)18(4)25/h16-17,19,21H,5-15H2,1-4H3. The summed E-state index contributed by atoms with van der Waals surface area (Å²) in [5.74, 6) is 0.773. The van der Waals surface area contributed by atoms with Crippen molar-refractivity contribution in [1.29, 1.82) is 0 Å². The number of nitrogens with one attached hydrogen (secondary N) is 1. The molecule has 2 rings (SSSR count). The summed E-state index contributed by atoms with van der Waals surface area (Å²) in [6, 6.07) is 0.205. The van der Waals surface area contributed by atoms with Crippen LogP contribution in [0.5, 0.6) is 0 Å². The summed E-state index contributed by atoms with van der Waals surface area (Å²) in [5, 5.41) is 3.57. The van der Waals surface area contributed by atoms with E-state index < -0.39 is 0 Å². The van der Waals surface area contributed by atoms with E-state index in [1.165, 1.54) is 0 Å². The molecule has 0 bridgehead atoms. The Labute approximate surface area is 164 Å². The number of nitrogens with zero attached hydrogens (tertiary/aromatic N) is 3. The third-order valence-electron chi connectivity index (χ3n) is 5.83. The lowest BCUT2D eigenvalue weighted by molar-refractivity contribution is -0.139. The van der Waals surface area contributed by atoms with Crippen molar-refractivity contribution in [3.05, 3.63) is 0 Å². The molecule has 0 aliphatic carbocycles. The van der Waals surface area contributed by atoms with E-state index in [1.807, 2.05) is 23.6 Å². The molecule has 0 aromatic rings. The molecule has 27 heavy (non-hydrogen) atoms. The fourth-order valence-electron chi connectivity index (χ4n) is 4.13. The molecule has 0 saturated carbocycles. The third-order valence-corrected chi connectivity index (χ3v) is 5.83. The molecule has 2 amide bonds. The third kappa shape index (κ3) is 6.73. The lowest BCUT2D eigenvalue weighted by atomic mass is 9.93. The summed E-state index contributed by atoms with van der Waals surface area (Å²) in [7, 11) is 0. The van der Waals surface area contributed by atoms with Gasteiger partial charge in [0.15, 0.2) is 0 Å². The zero-order chi connectivity index (χ0) is 19.8. The van der Waals surface area contributed by atoms with Crippen LogP contribution in [-0.2, 0) is 14.3 Å². The predicted molar refractivity (Wildman–Crippen MR) is 107 cm³/mol. The first-order chi connectivity index (χ1) is 12.9. The van der Waals surface area contributed by atoms with Gasteiger partial charge < -0.3 is 24.8 Å². The van der Waals surface area contributed by atoms with Crippen LogP contribution >= 0.6 is 0 Å². The monoisotopic (exact) mass is 382 g/mol. The fraction of sp³-hybridized carbons (Fsp3) is 0.900. The average molecular weight is 383 g/mol. The van der Waals surface area contributed by atoms with Gasteiger partial charge in [-0.3, -0.25) is 9.59 Å². The van der Waals surface area contributed by atoms with E-state index in [0.29, 0.717) is 38.1 Å². The Balaban J connectivity index is 1.71. The van der Waals surface area contributed by atoms with Crippen molar-refractivity contribution >= 4 is 11.8 Å². The van der Waals surface area contributed by atoms with E-state index >= 15 is 0 Å². The van der Waals surface area contributed by atoms with Gasteiger partial charge in [0.1, 0.15) is 0 Å². The van der Waals surface area contributed by atoms with E-state index in [9.17, 15) is 9.59 Å². The summed E-state index contributed by atoms with van der Waals surface area (Å²) in [5.41, 5.74) is 0. The predicted octanol–water partition coefficient (Wildman–Crippen LogP) is 0.792. The van der Waals surface area contributed by atoms with Crippen molar-refractivity contribution in [3.8, 4) is 0 Å². The molecule has 1 N–H and O–H groups in total. The molecule has 2 aliphatic heterocycles. The number of carbonyl (C=O) groups is 2. The van der Waals surface area contributed by atoms with Gasteiger partial charge in [-0.05, 0) is 39.2 Å². The van der Waals surface area contributed by atoms with Crippen molar-refractivity contribution in [1.82, 2.24) is 20.0 Å². The molecule has 2 saturated heterocycles. The Bertz CT molecular complexity index is 480. The molecule has 2 fully saturated rings. The fourth-order valence-corrected chi connectivity index (χ4v) is 4.13. The second-order valence-electron chi connectivity index (χ2n) is 7.94. The van der Waals surface area contributed by atoms with Crippen molar-refractivity contribution < 1.29 is 14.3 Å². The van der Waals surface area contributed by atoms with Crippen LogP contribution in [0.3, 0.4) is 0 Å². The largest absolute Gasteiger partial charge is 0.382 e. The van der Waals surface area contributed by atoms with Gasteiger partial charge in [-0.1, -0.05) is 6.92 Å². The first-order valence-electron chi connectivity index (χ1n) is 10.5. The van der Waals surface area contributed by atoms with E-state index in [-0.39, 0.29) is 17.9 Å². The van der Waals surface area contributed by atoms with Crippen molar-refractivity contribution in [2.75, 3.05) is 59.0 Å². The van der Waals surface area contributed by atoms with Gasteiger partial charge in [0, 0.05) is 65.4 Å². The summed E-state index contributed by atoms with van der Waals surface area (Å²) >= 11 is 0. The van der Waals surface area contributed by atoms with Gasteiger partial charge in [0.05, 0.1) is 6.04 Å². The van der Waals surface area contributed by atoms with Crippen LogP contribution in [-0.4, -0.2) is 97.6 Å². The highest BCUT2D eigenvalue weighted by molar-refractivity contribution is 5.82. The molecule has 3 unspecified atom stereocenters. The normalized spacial score (nSPS) is 25.5. The van der Waals surface area contributed by atoms with Gasteiger partial charge >= 0.3 is 0 Å². The minimum absolute atomic E-state index is 0.0927. The zero-order valence-corrected chi connectivity index (χ0v) is 17.6. The van der Waals surface area contributed by atoms with Gasteiger partial charge in [0.25, 0.3) is 0 Å². The SMILES string of the molecule is CCOCCCN1CCC(NC(C)C(=O)N2CCN(C(C)=O)CC2)C(C)C1. The molecule has 156 valence electrons. The van der Waals surface area contributed by atoms with Gasteiger partial charge in [-0.15, -0.1) is 0 Å². The first-order valence-corrected chi connectivity index (χ1v) is 10.5. The first kappa shape index (κ1) is 22.1. The second-order valence-corrected chi connectivity index (χ2v) is 7.94. The Morgan fingerprint density at radius 2 is 1.81 bits per heavy atom. The summed E-state index contributed by atoms with van der Waals surface area (Å²) < 4.78 is 5.43. The van der Waals surface area contributed by atoms with Gasteiger partial charge in [-0.2, -0.15) is 0 Å². The molecule has 0 spiro atoms. The number of piperazine rings is 1. The van der Waals surface area contributed by atoms with Crippen molar-refractivity contribution in [3.63, 3.8) is 0 Å². The lowest BCUT2D eigenvalue weighted by Crippen LogP contribution is -2.57. The molecule has 7 nitrogen and oxygen atoms in total. The van der Waals surface area contributed by atoms with E-state index in [1.54, 1.807) is 6.92 Å². The lowest BCUT2D eigenvalue weighted by Gasteiger charge is -2.40. The summed E-state index contributed by atoms with van der Waals surface area (Å²) in [4.78, 5) is 30.4. The molecular weight excluding hydrogens is 344 g/mol. The van der Waals surface area contributed by atoms with Crippen LogP contribution in [0, 0.1) is 5.92 Å². The maximum atomic E-state index is 12.8. The van der Waals surface area contributed by atoms with Crippen LogP contribution in [0.1, 0.15) is 40.5 Å². The van der Waals surface area contributed by atoms with Crippen LogP contribution in [0.4, 0.5) is 0 Å². The van der Waals surface area contributed by atoms with Gasteiger partial charge in [0.2, 0.25) is 11.8 Å². The maximum Gasteiger partial charge on any atom is 0.239 e. The number of amides is 2. The quantitative estimate of drug-likeness (QED) is 0.629. The van der Waals surface area contributed by atoms with E-state index in [4.69, 9.17) is 4.74 Å². The minimum Gasteiger partial charge on any atom is -0.382 e. The number of ether oxygens (including phenoxy) is 1. The molecule has 0 aromatic carbocycles. The number of likely N-dealkylation sites (tertiary alicyclic amines) is 1. The van der Waals surface area contributed by atoms with Crippen LogP contribution in [0.25, 0.3) is 0 Å². The molecule has 0 radical (unpaired) electrons. The van der Waals surface area contributed by atoms with Crippen LogP contribution in [0.15, 0.2) is 0 Å². The summed E-state index contributed by atoms with van der Waals surface area (Å²) in [6.07, 6.45) is 2.16. The highest BCUT2D eigenvalue weighted by Crippen LogP contribution is 2.18. The Morgan fingerprint density at radius 3 is 2.41 bits per heavy atom. The number of carbonyl (C=O) groups excluding carboxylic acids is 2. The van der Waals surface area contributed by atoms with Crippen molar-refractivity contribution in [2.45, 2.75) is 52.6 Å². The number of piperidine rings is 1. The van der Waals surface area contributed by atoms with E-state index in [0.717, 1.165) is 45.7 Å². The molecule has 3 atom stereocenters. The van der Waals surface area contributed by atoms with Crippen molar-refractivity contribution in [2.24, 2.45) is 5.92 Å². The number of rotatable bonds is 8. The summed E-state index contributed by atoms with van der Waals surface area (Å²) in [6.45, 7) is 15.3. The molecule has 7 heteroatoms. The average Bonchev–Trinajstić information content (AvgIpc) is 2.66. The molecule has 2 aliphatic rings. The number of hydrogen-bond donors (Lipinski definition) is 1. The molecule has 2 heterocycles. The molecular formula is C20H38N4O3.